The molecule has 38 heavy (non-hydrogen) atoms. The predicted octanol–water partition coefficient (Wildman–Crippen LogP) is 7.98. The quantitative estimate of drug-likeness (QED) is 0.140. The Bertz CT molecular complexity index is 1240. The molecule has 0 spiro atoms. The molecule has 0 amide bonds. The molecule has 0 saturated carbocycles. The van der Waals surface area contributed by atoms with E-state index in [4.69, 9.17) is 9.94 Å². The first-order valence-electron chi connectivity index (χ1n) is 13.0. The van der Waals surface area contributed by atoms with Gasteiger partial charge in [-0.05, 0) is 46.5 Å². The van der Waals surface area contributed by atoms with Gasteiger partial charge in [-0.3, -0.25) is 4.84 Å². The molecule has 202 valence electrons. The van der Waals surface area contributed by atoms with Gasteiger partial charge in [-0.15, -0.1) is 0 Å². The summed E-state index contributed by atoms with van der Waals surface area (Å²) in [5.74, 6) is 5.46. The molecule has 0 aliphatic heterocycles. The molecule has 0 aliphatic rings. The third-order valence-corrected chi connectivity index (χ3v) is 6.25. The molecule has 0 aromatic heterocycles. The molecule has 4 nitrogen and oxygen atoms in total. The van der Waals surface area contributed by atoms with Gasteiger partial charge in [0.25, 0.3) is 0 Å². The third-order valence-electron chi connectivity index (χ3n) is 6.25. The number of fused-ring (bicyclic) bond motifs is 1. The first-order valence-corrected chi connectivity index (χ1v) is 13.0. The largest absolute Gasteiger partial charge is 0.479 e. The van der Waals surface area contributed by atoms with Crippen molar-refractivity contribution in [2.75, 3.05) is 6.61 Å². The molecule has 0 fully saturated rings. The van der Waals surface area contributed by atoms with Crippen LogP contribution in [0.2, 0.25) is 0 Å². The monoisotopic (exact) mass is 525 g/mol. The molecule has 0 aliphatic carbocycles. The summed E-state index contributed by atoms with van der Waals surface area (Å²) in [7, 11) is 0. The highest BCUT2D eigenvalue weighted by Crippen LogP contribution is 2.29. The fourth-order valence-electron chi connectivity index (χ4n) is 4.25. The summed E-state index contributed by atoms with van der Waals surface area (Å²) in [6, 6.07) is 16.5. The van der Waals surface area contributed by atoms with Crippen LogP contribution in [-0.4, -0.2) is 22.7 Å². The van der Waals surface area contributed by atoms with Crippen LogP contribution in [0.15, 0.2) is 60.7 Å². The van der Waals surface area contributed by atoms with Gasteiger partial charge < -0.3 is 5.11 Å². The van der Waals surface area contributed by atoms with Crippen molar-refractivity contribution >= 4 is 16.7 Å². The standard InChI is InChI=1S/C31H34F3NO3/c1-2-3-4-5-6-7-8-9-12-25-17-18-26(29-14-11-10-13-28(25)29)22-35(38-23-30(36)37)21-24-15-19-27(20-16-24)31(32,33)34/h10-11,13-20H,2-8,21-23H2,1H3,(H,36,37). The Balaban J connectivity index is 1.75. The van der Waals surface area contributed by atoms with Crippen LogP contribution < -0.4 is 0 Å². The molecular formula is C31H34F3NO3. The summed E-state index contributed by atoms with van der Waals surface area (Å²) in [5, 5.41) is 12.5. The SMILES string of the molecule is CCCCCCCCC#Cc1ccc(CN(Cc2ccc(C(F)(F)F)cc2)OCC(=O)O)c2ccccc12. The zero-order valence-corrected chi connectivity index (χ0v) is 21.7. The second kappa shape index (κ2) is 14.6. The zero-order chi connectivity index (χ0) is 27.4. The number of benzene rings is 3. The minimum Gasteiger partial charge on any atom is -0.479 e. The van der Waals surface area contributed by atoms with E-state index in [9.17, 15) is 18.0 Å². The smallest absolute Gasteiger partial charge is 0.416 e. The highest BCUT2D eigenvalue weighted by molar-refractivity contribution is 5.90. The molecule has 0 heterocycles. The van der Waals surface area contributed by atoms with Gasteiger partial charge in [-0.1, -0.05) is 93.3 Å². The van der Waals surface area contributed by atoms with Crippen molar-refractivity contribution in [2.45, 2.75) is 71.1 Å². The second-order valence-corrected chi connectivity index (χ2v) is 9.30. The minimum atomic E-state index is -4.42. The van der Waals surface area contributed by atoms with Gasteiger partial charge in [0.2, 0.25) is 0 Å². The number of aliphatic carboxylic acids is 1. The van der Waals surface area contributed by atoms with Crippen LogP contribution >= 0.6 is 0 Å². The number of unbranched alkanes of at least 4 members (excludes halogenated alkanes) is 6. The summed E-state index contributed by atoms with van der Waals surface area (Å²) in [6.07, 6.45) is 3.77. The number of rotatable bonds is 13. The van der Waals surface area contributed by atoms with Crippen LogP contribution in [0.5, 0.6) is 0 Å². The highest BCUT2D eigenvalue weighted by Gasteiger charge is 2.30. The van der Waals surface area contributed by atoms with Crippen molar-refractivity contribution in [1.29, 1.82) is 0 Å². The normalized spacial score (nSPS) is 11.5. The van der Waals surface area contributed by atoms with E-state index in [0.29, 0.717) is 5.56 Å². The summed E-state index contributed by atoms with van der Waals surface area (Å²) >= 11 is 0. The van der Waals surface area contributed by atoms with Crippen molar-refractivity contribution in [2.24, 2.45) is 0 Å². The fraction of sp³-hybridized carbons (Fsp3) is 0.387. The summed E-state index contributed by atoms with van der Waals surface area (Å²) in [5.41, 5.74) is 1.67. The Labute approximate surface area is 222 Å². The fourth-order valence-corrected chi connectivity index (χ4v) is 4.25. The van der Waals surface area contributed by atoms with Gasteiger partial charge >= 0.3 is 12.1 Å². The maximum Gasteiger partial charge on any atom is 0.416 e. The van der Waals surface area contributed by atoms with E-state index in [-0.39, 0.29) is 13.1 Å². The highest BCUT2D eigenvalue weighted by atomic mass is 19.4. The number of hydrogen-bond donors (Lipinski definition) is 1. The number of nitrogens with zero attached hydrogens (tertiary/aromatic N) is 1. The van der Waals surface area contributed by atoms with Gasteiger partial charge in [0.15, 0.2) is 6.61 Å². The Kier molecular flexibility index (Phi) is 11.2. The number of carboxylic acids is 1. The maximum absolute atomic E-state index is 12.9. The van der Waals surface area contributed by atoms with Crippen LogP contribution in [-0.2, 0) is 28.9 Å². The lowest BCUT2D eigenvalue weighted by atomic mass is 9.99. The molecule has 0 radical (unpaired) electrons. The van der Waals surface area contributed by atoms with Gasteiger partial charge in [-0.2, -0.15) is 18.2 Å². The van der Waals surface area contributed by atoms with Crippen molar-refractivity contribution in [3.63, 3.8) is 0 Å². The summed E-state index contributed by atoms with van der Waals surface area (Å²) in [4.78, 5) is 16.6. The Morgan fingerprint density at radius 3 is 2.26 bits per heavy atom. The molecule has 0 atom stereocenters. The van der Waals surface area contributed by atoms with E-state index in [1.807, 2.05) is 36.4 Å². The number of hydrogen-bond acceptors (Lipinski definition) is 3. The Hall–Kier alpha value is -3.34. The number of alkyl halides is 3. The van der Waals surface area contributed by atoms with Gasteiger partial charge in [0.1, 0.15) is 0 Å². The van der Waals surface area contributed by atoms with Crippen LogP contribution in [0.1, 0.15) is 74.1 Å². The lowest BCUT2D eigenvalue weighted by molar-refractivity contribution is -0.189. The van der Waals surface area contributed by atoms with E-state index >= 15 is 0 Å². The molecule has 3 aromatic carbocycles. The summed E-state index contributed by atoms with van der Waals surface area (Å²) < 4.78 is 38.8. The zero-order valence-electron chi connectivity index (χ0n) is 21.7. The number of hydroxylamine groups is 2. The van der Waals surface area contributed by atoms with Crippen molar-refractivity contribution < 1.29 is 27.9 Å². The first kappa shape index (κ1) is 29.2. The number of carbonyl (C=O) groups is 1. The van der Waals surface area contributed by atoms with Crippen molar-refractivity contribution in [1.82, 2.24) is 5.06 Å². The summed E-state index contributed by atoms with van der Waals surface area (Å²) in [6.45, 7) is 2.03. The molecule has 3 rings (SSSR count). The average Bonchev–Trinajstić information content (AvgIpc) is 2.89. The molecular weight excluding hydrogens is 491 g/mol. The van der Waals surface area contributed by atoms with Gasteiger partial charge in [-0.25, -0.2) is 4.79 Å². The molecule has 3 aromatic rings. The molecule has 7 heteroatoms. The minimum absolute atomic E-state index is 0.125. The number of carboxylic acid groups (broad SMARTS) is 1. The lowest BCUT2D eigenvalue weighted by Gasteiger charge is -2.22. The van der Waals surface area contributed by atoms with Crippen LogP contribution in [0.4, 0.5) is 13.2 Å². The Morgan fingerprint density at radius 2 is 1.58 bits per heavy atom. The average molecular weight is 526 g/mol. The van der Waals surface area contributed by atoms with Crippen molar-refractivity contribution in [3.05, 3.63) is 82.9 Å². The Morgan fingerprint density at radius 1 is 0.895 bits per heavy atom. The molecule has 1 N–H and O–H groups in total. The second-order valence-electron chi connectivity index (χ2n) is 9.30. The van der Waals surface area contributed by atoms with Crippen LogP contribution in [0.25, 0.3) is 10.8 Å². The van der Waals surface area contributed by atoms with Crippen molar-refractivity contribution in [3.8, 4) is 11.8 Å². The van der Waals surface area contributed by atoms with Crippen LogP contribution in [0.3, 0.4) is 0 Å². The maximum atomic E-state index is 12.9. The van der Waals surface area contributed by atoms with E-state index in [1.165, 1.54) is 49.3 Å². The van der Waals surface area contributed by atoms with E-state index in [1.54, 1.807) is 0 Å². The van der Waals surface area contributed by atoms with E-state index in [2.05, 4.69) is 18.8 Å². The predicted molar refractivity (Wildman–Crippen MR) is 143 cm³/mol. The molecule has 0 unspecified atom stereocenters. The molecule has 0 bridgehead atoms. The molecule has 0 saturated heterocycles. The number of halogens is 3. The first-order chi connectivity index (χ1) is 18.3. The lowest BCUT2D eigenvalue weighted by Crippen LogP contribution is -2.26. The van der Waals surface area contributed by atoms with Gasteiger partial charge in [0, 0.05) is 18.5 Å². The van der Waals surface area contributed by atoms with E-state index in [0.717, 1.165) is 46.9 Å². The third kappa shape index (κ3) is 9.20. The van der Waals surface area contributed by atoms with Crippen LogP contribution in [0, 0.1) is 11.8 Å². The van der Waals surface area contributed by atoms with Gasteiger partial charge in [0.05, 0.1) is 12.1 Å². The van der Waals surface area contributed by atoms with E-state index < -0.39 is 24.3 Å². The topological polar surface area (TPSA) is 49.8 Å².